The highest BCUT2D eigenvalue weighted by molar-refractivity contribution is 4.84. The Hall–Kier alpha value is -0.0800. The second-order valence-corrected chi connectivity index (χ2v) is 16.2. The van der Waals surface area contributed by atoms with Gasteiger partial charge in [0.2, 0.25) is 0 Å². The van der Waals surface area contributed by atoms with E-state index < -0.39 is 0 Å². The van der Waals surface area contributed by atoms with Crippen molar-refractivity contribution in [3.05, 3.63) is 0 Å². The van der Waals surface area contributed by atoms with Crippen molar-refractivity contribution in [3.63, 3.8) is 0 Å². The first-order valence-electron chi connectivity index (χ1n) is 24.8. The summed E-state index contributed by atoms with van der Waals surface area (Å²) in [6.45, 7) is 20.4. The van der Waals surface area contributed by atoms with Crippen molar-refractivity contribution in [2.45, 2.75) is 318 Å². The molecule has 0 fully saturated rings. The van der Waals surface area contributed by atoms with Crippen LogP contribution in [0.25, 0.3) is 0 Å². The van der Waals surface area contributed by atoms with Crippen molar-refractivity contribution in [2.24, 2.45) is 11.5 Å². The standard InChI is InChI=1S/C25H53N.3C8H18.CH5N/c1-4-7-10-13-16-19-22-25(26,23-20-17-14-11-8-5-2)24-21-18-15-12-9-6-3;3*1-3-5-7-8-6-4-2;1-2/h4-24,26H2,1-3H3;3*3-8H2,1-2H3;2H2,1H3. The number of unbranched alkanes of at least 4 members (excludes halogenated alkanes) is 30. The average Bonchev–Trinajstić information content (AvgIpc) is 3.16. The van der Waals surface area contributed by atoms with Gasteiger partial charge in [0, 0.05) is 5.54 Å². The molecule has 0 aliphatic heterocycles. The molecule has 0 radical (unpaired) electrons. The Morgan fingerprint density at radius 1 is 0.212 bits per heavy atom. The third-order valence-electron chi connectivity index (χ3n) is 10.5. The molecule has 0 spiro atoms. The second-order valence-electron chi connectivity index (χ2n) is 16.2. The molecule has 0 aliphatic carbocycles. The van der Waals surface area contributed by atoms with Gasteiger partial charge in [-0.2, -0.15) is 0 Å². The summed E-state index contributed by atoms with van der Waals surface area (Å²) in [6, 6.07) is 0. The summed E-state index contributed by atoms with van der Waals surface area (Å²) in [4.78, 5) is 0. The molecule has 0 amide bonds. The van der Waals surface area contributed by atoms with E-state index in [2.05, 4.69) is 68.0 Å². The number of hydrogen-bond acceptors (Lipinski definition) is 2. The summed E-state index contributed by atoms with van der Waals surface area (Å²) >= 11 is 0. The molecule has 2 nitrogen and oxygen atoms in total. The first-order valence-corrected chi connectivity index (χ1v) is 24.8. The molecular formula is C50H112N2. The molecule has 0 aromatic rings. The van der Waals surface area contributed by atoms with E-state index in [1.807, 2.05) is 0 Å². The molecule has 0 aromatic carbocycles. The molecule has 0 saturated heterocycles. The van der Waals surface area contributed by atoms with Crippen LogP contribution in [0.5, 0.6) is 0 Å². The van der Waals surface area contributed by atoms with Crippen LogP contribution in [0.2, 0.25) is 0 Å². The number of nitrogens with two attached hydrogens (primary N) is 2. The van der Waals surface area contributed by atoms with Crippen LogP contribution in [0.15, 0.2) is 0 Å². The average molecular weight is 741 g/mol. The van der Waals surface area contributed by atoms with E-state index in [4.69, 9.17) is 5.73 Å². The second kappa shape index (κ2) is 62.9. The van der Waals surface area contributed by atoms with E-state index in [-0.39, 0.29) is 5.54 Å². The van der Waals surface area contributed by atoms with Crippen LogP contribution in [0.3, 0.4) is 0 Å². The molecule has 0 unspecified atom stereocenters. The lowest BCUT2D eigenvalue weighted by molar-refractivity contribution is 0.302. The summed E-state index contributed by atoms with van der Waals surface area (Å²) in [6.07, 6.45) is 54.3. The zero-order chi connectivity index (χ0) is 40.1. The lowest BCUT2D eigenvalue weighted by Gasteiger charge is -2.30. The quantitative estimate of drug-likeness (QED) is 0.0629. The summed E-state index contributed by atoms with van der Waals surface area (Å²) in [5.74, 6) is 0. The van der Waals surface area contributed by atoms with Gasteiger partial charge < -0.3 is 11.5 Å². The maximum Gasteiger partial charge on any atom is 0.0154 e. The van der Waals surface area contributed by atoms with E-state index >= 15 is 0 Å². The molecule has 4 N–H and O–H groups in total. The Morgan fingerprint density at radius 2 is 0.327 bits per heavy atom. The molecule has 0 heterocycles. The minimum atomic E-state index is 0.139. The van der Waals surface area contributed by atoms with Crippen molar-refractivity contribution >= 4 is 0 Å². The van der Waals surface area contributed by atoms with Gasteiger partial charge in [0.05, 0.1) is 0 Å². The van der Waals surface area contributed by atoms with Gasteiger partial charge >= 0.3 is 0 Å². The topological polar surface area (TPSA) is 52.0 Å². The molecule has 2 heteroatoms. The highest BCUT2D eigenvalue weighted by Crippen LogP contribution is 2.27. The molecule has 0 rings (SSSR count). The summed E-state index contributed by atoms with van der Waals surface area (Å²) in [5, 5.41) is 0. The Morgan fingerprint density at radius 3 is 0.462 bits per heavy atom. The maximum atomic E-state index is 6.92. The predicted molar refractivity (Wildman–Crippen MR) is 248 cm³/mol. The zero-order valence-electron chi connectivity index (χ0n) is 39.2. The molecular weight excluding hydrogens is 629 g/mol. The van der Waals surface area contributed by atoms with Crippen LogP contribution in [0, 0.1) is 0 Å². The summed E-state index contributed by atoms with van der Waals surface area (Å²) < 4.78 is 0. The van der Waals surface area contributed by atoms with Crippen molar-refractivity contribution < 1.29 is 0 Å². The van der Waals surface area contributed by atoms with Gasteiger partial charge in [0.15, 0.2) is 0 Å². The van der Waals surface area contributed by atoms with E-state index in [0.717, 1.165) is 0 Å². The Bertz CT molecular complexity index is 417. The zero-order valence-corrected chi connectivity index (χ0v) is 39.2. The minimum Gasteiger partial charge on any atom is -0.333 e. The number of rotatable bonds is 36. The van der Waals surface area contributed by atoms with E-state index in [1.54, 1.807) is 0 Å². The number of hydrogen-bond donors (Lipinski definition) is 2. The van der Waals surface area contributed by atoms with E-state index in [0.29, 0.717) is 0 Å². The largest absolute Gasteiger partial charge is 0.333 e. The van der Waals surface area contributed by atoms with Gasteiger partial charge in [-0.1, -0.05) is 293 Å². The third kappa shape index (κ3) is 68.0. The molecule has 0 aromatic heterocycles. The van der Waals surface area contributed by atoms with Crippen molar-refractivity contribution in [1.29, 1.82) is 0 Å². The molecule has 0 atom stereocenters. The lowest BCUT2D eigenvalue weighted by atomic mass is 9.82. The van der Waals surface area contributed by atoms with Gasteiger partial charge in [-0.3, -0.25) is 0 Å². The van der Waals surface area contributed by atoms with Gasteiger partial charge in [0.25, 0.3) is 0 Å². The van der Waals surface area contributed by atoms with Crippen LogP contribution < -0.4 is 11.5 Å². The van der Waals surface area contributed by atoms with Gasteiger partial charge in [-0.15, -0.1) is 0 Å². The van der Waals surface area contributed by atoms with Crippen LogP contribution in [-0.4, -0.2) is 12.6 Å². The molecule has 322 valence electrons. The normalized spacial score (nSPS) is 10.6. The van der Waals surface area contributed by atoms with E-state index in [1.165, 1.54) is 257 Å². The van der Waals surface area contributed by atoms with Crippen LogP contribution in [0.1, 0.15) is 313 Å². The van der Waals surface area contributed by atoms with E-state index in [9.17, 15) is 0 Å². The first-order chi connectivity index (χ1) is 25.4. The first kappa shape index (κ1) is 61.1. The van der Waals surface area contributed by atoms with Crippen LogP contribution >= 0.6 is 0 Å². The fraction of sp³-hybridized carbons (Fsp3) is 1.00. The van der Waals surface area contributed by atoms with Crippen LogP contribution in [-0.2, 0) is 0 Å². The predicted octanol–water partition coefficient (Wildman–Crippen LogP) is 18.6. The van der Waals surface area contributed by atoms with Gasteiger partial charge in [0.1, 0.15) is 0 Å². The Labute approximate surface area is 335 Å². The fourth-order valence-corrected chi connectivity index (χ4v) is 6.71. The van der Waals surface area contributed by atoms with Crippen molar-refractivity contribution in [3.8, 4) is 0 Å². The highest BCUT2D eigenvalue weighted by Gasteiger charge is 2.23. The monoisotopic (exact) mass is 741 g/mol. The minimum absolute atomic E-state index is 0.139. The molecule has 0 aliphatic rings. The highest BCUT2D eigenvalue weighted by atomic mass is 14.7. The molecule has 0 saturated carbocycles. The molecule has 0 bridgehead atoms. The smallest absolute Gasteiger partial charge is 0.0154 e. The third-order valence-corrected chi connectivity index (χ3v) is 10.5. The fourth-order valence-electron chi connectivity index (χ4n) is 6.71. The Balaban J connectivity index is -0.000000229. The SMILES string of the molecule is CCCCCCCC.CCCCCCCC.CCCCCCCC.CCCCCCCCC(N)(CCCCCCCC)CCCCCCCC.CN. The van der Waals surface area contributed by atoms with Crippen molar-refractivity contribution in [1.82, 2.24) is 0 Å². The Kier molecular flexibility index (Phi) is 74.0. The lowest BCUT2D eigenvalue weighted by Crippen LogP contribution is -2.39. The molecule has 52 heavy (non-hydrogen) atoms. The van der Waals surface area contributed by atoms with Gasteiger partial charge in [-0.05, 0) is 26.3 Å². The van der Waals surface area contributed by atoms with Crippen molar-refractivity contribution in [2.75, 3.05) is 7.05 Å². The summed E-state index contributed by atoms with van der Waals surface area (Å²) in [7, 11) is 1.50. The van der Waals surface area contributed by atoms with Gasteiger partial charge in [-0.25, -0.2) is 0 Å². The summed E-state index contributed by atoms with van der Waals surface area (Å²) in [5.41, 5.74) is 11.6. The van der Waals surface area contributed by atoms with Crippen LogP contribution in [0.4, 0.5) is 0 Å². The maximum absolute atomic E-state index is 6.92.